The van der Waals surface area contributed by atoms with Gasteiger partial charge in [0.1, 0.15) is 11.3 Å². The Balaban J connectivity index is 1.41. The van der Waals surface area contributed by atoms with Gasteiger partial charge in [0.15, 0.2) is 5.69 Å². The number of methoxy groups -OCH3 is 1. The van der Waals surface area contributed by atoms with Crippen LogP contribution in [0.1, 0.15) is 30.3 Å². The number of fused-ring (bicyclic) bond motifs is 3. The molecular weight excluding hydrogens is 480 g/mol. The number of amides is 1. The second kappa shape index (κ2) is 11.4. The topological polar surface area (TPSA) is 84.6 Å². The highest BCUT2D eigenvalue weighted by Crippen LogP contribution is 2.28. The number of nitrogens with zero attached hydrogens (tertiary/aromatic N) is 5. The van der Waals surface area contributed by atoms with E-state index in [9.17, 15) is 9.59 Å². The summed E-state index contributed by atoms with van der Waals surface area (Å²) >= 11 is 0. The van der Waals surface area contributed by atoms with Gasteiger partial charge in [-0.1, -0.05) is 25.1 Å². The van der Waals surface area contributed by atoms with Crippen molar-refractivity contribution in [1.29, 1.82) is 0 Å². The zero-order valence-corrected chi connectivity index (χ0v) is 22.4. The summed E-state index contributed by atoms with van der Waals surface area (Å²) in [6, 6.07) is 14.8. The third-order valence-electron chi connectivity index (χ3n) is 7.41. The summed E-state index contributed by atoms with van der Waals surface area (Å²) in [5, 5.41) is 9.10. The number of nitrogens with one attached hydrogen (secondary N) is 1. The first-order valence-corrected chi connectivity index (χ1v) is 13.4. The summed E-state index contributed by atoms with van der Waals surface area (Å²) < 4.78 is 8.42. The summed E-state index contributed by atoms with van der Waals surface area (Å²) in [5.74, 6) is 0.401. The molecule has 4 aromatic rings. The fraction of sp³-hybridized carbons (Fsp3) is 0.414. The van der Waals surface area contributed by atoms with Gasteiger partial charge in [0.25, 0.3) is 11.5 Å². The zero-order valence-electron chi connectivity index (χ0n) is 22.4. The SMILES string of the molecule is CCCN1CCN(CCCNC(=O)c2nn(-c3ccc(OC)cc3)c(=O)c3c2c2ccccc2n3C)CC1. The quantitative estimate of drug-likeness (QED) is 0.344. The summed E-state index contributed by atoms with van der Waals surface area (Å²) in [7, 11) is 3.45. The fourth-order valence-electron chi connectivity index (χ4n) is 5.38. The first-order valence-electron chi connectivity index (χ1n) is 13.4. The number of rotatable bonds is 9. The maximum absolute atomic E-state index is 13.7. The molecule has 5 rings (SSSR count). The third kappa shape index (κ3) is 5.04. The molecular formula is C29H36N6O3. The Kier molecular flexibility index (Phi) is 7.76. The predicted octanol–water partition coefficient (Wildman–Crippen LogP) is 3.03. The normalized spacial score (nSPS) is 14.8. The van der Waals surface area contributed by atoms with E-state index >= 15 is 0 Å². The van der Waals surface area contributed by atoms with Gasteiger partial charge >= 0.3 is 0 Å². The maximum Gasteiger partial charge on any atom is 0.296 e. The molecule has 0 unspecified atom stereocenters. The first-order chi connectivity index (χ1) is 18.5. The molecule has 0 spiro atoms. The number of carbonyl (C=O) groups is 1. The van der Waals surface area contributed by atoms with Crippen LogP contribution in [0.15, 0.2) is 53.3 Å². The minimum atomic E-state index is -0.277. The van der Waals surface area contributed by atoms with Gasteiger partial charge in [-0.2, -0.15) is 9.78 Å². The molecule has 38 heavy (non-hydrogen) atoms. The van der Waals surface area contributed by atoms with Gasteiger partial charge in [-0.25, -0.2) is 0 Å². The Labute approximate surface area is 222 Å². The minimum Gasteiger partial charge on any atom is -0.497 e. The van der Waals surface area contributed by atoms with Crippen LogP contribution in [-0.4, -0.2) is 83.0 Å². The molecule has 0 atom stereocenters. The molecule has 1 saturated heterocycles. The van der Waals surface area contributed by atoms with Crippen LogP contribution in [0, 0.1) is 0 Å². The van der Waals surface area contributed by atoms with Gasteiger partial charge in [-0.05, 0) is 56.3 Å². The molecule has 1 amide bonds. The number of hydrogen-bond donors (Lipinski definition) is 1. The summed E-state index contributed by atoms with van der Waals surface area (Å²) in [5.41, 5.74) is 1.87. The number of aromatic nitrogens is 3. The summed E-state index contributed by atoms with van der Waals surface area (Å²) in [6.45, 7) is 9.23. The summed E-state index contributed by atoms with van der Waals surface area (Å²) in [4.78, 5) is 32.2. The number of aryl methyl sites for hydroxylation is 1. The fourth-order valence-corrected chi connectivity index (χ4v) is 5.38. The lowest BCUT2D eigenvalue weighted by atomic mass is 10.1. The third-order valence-corrected chi connectivity index (χ3v) is 7.41. The van der Waals surface area contributed by atoms with Crippen molar-refractivity contribution in [3.63, 3.8) is 0 Å². The van der Waals surface area contributed by atoms with Crippen molar-refractivity contribution in [1.82, 2.24) is 29.5 Å². The highest BCUT2D eigenvalue weighted by atomic mass is 16.5. The zero-order chi connectivity index (χ0) is 26.6. The highest BCUT2D eigenvalue weighted by molar-refractivity contribution is 6.16. The Morgan fingerprint density at radius 1 is 1.00 bits per heavy atom. The first kappa shape index (κ1) is 25.9. The molecule has 1 N–H and O–H groups in total. The van der Waals surface area contributed by atoms with Crippen LogP contribution in [0.3, 0.4) is 0 Å². The largest absolute Gasteiger partial charge is 0.497 e. The van der Waals surface area contributed by atoms with Gasteiger partial charge < -0.3 is 24.4 Å². The molecule has 0 saturated carbocycles. The maximum atomic E-state index is 13.7. The molecule has 2 aromatic heterocycles. The molecule has 0 bridgehead atoms. The molecule has 3 heterocycles. The monoisotopic (exact) mass is 516 g/mol. The van der Waals surface area contributed by atoms with Gasteiger partial charge in [0, 0.05) is 56.1 Å². The molecule has 0 aliphatic carbocycles. The van der Waals surface area contributed by atoms with Crippen LogP contribution in [0.4, 0.5) is 0 Å². The van der Waals surface area contributed by atoms with Gasteiger partial charge in [-0.3, -0.25) is 9.59 Å². The average Bonchev–Trinajstić information content (AvgIpc) is 3.25. The van der Waals surface area contributed by atoms with Crippen molar-refractivity contribution >= 4 is 27.7 Å². The number of hydrogen-bond acceptors (Lipinski definition) is 6. The van der Waals surface area contributed by atoms with Gasteiger partial charge in [0.2, 0.25) is 0 Å². The minimum absolute atomic E-state index is 0.250. The van der Waals surface area contributed by atoms with Crippen LogP contribution in [0.5, 0.6) is 5.75 Å². The standard InChI is InChI=1S/C29H36N6O3/c1-4-15-33-17-19-34(20-18-33)16-7-14-30-28(36)26-25-23-8-5-6-9-24(23)32(2)27(25)29(37)35(31-26)21-10-12-22(38-3)13-11-21/h5-6,8-13H,4,7,14-20H2,1-3H3,(H,30,36). The smallest absolute Gasteiger partial charge is 0.296 e. The number of benzene rings is 2. The van der Waals surface area contributed by atoms with E-state index in [2.05, 4.69) is 27.1 Å². The van der Waals surface area contributed by atoms with Crippen molar-refractivity contribution in [2.75, 3.05) is 52.9 Å². The average molecular weight is 517 g/mol. The molecule has 2 aromatic carbocycles. The Morgan fingerprint density at radius 2 is 1.68 bits per heavy atom. The molecule has 1 fully saturated rings. The van der Waals surface area contributed by atoms with Crippen LogP contribution in [0.2, 0.25) is 0 Å². The van der Waals surface area contributed by atoms with Crippen molar-refractivity contribution in [3.8, 4) is 11.4 Å². The van der Waals surface area contributed by atoms with E-state index in [-0.39, 0.29) is 17.2 Å². The van der Waals surface area contributed by atoms with Crippen LogP contribution in [-0.2, 0) is 7.05 Å². The van der Waals surface area contributed by atoms with Crippen LogP contribution >= 0.6 is 0 Å². The predicted molar refractivity (Wildman–Crippen MR) is 150 cm³/mol. The van der Waals surface area contributed by atoms with E-state index in [1.807, 2.05) is 35.9 Å². The number of para-hydroxylation sites is 1. The van der Waals surface area contributed by atoms with E-state index < -0.39 is 0 Å². The van der Waals surface area contributed by atoms with Crippen molar-refractivity contribution in [2.24, 2.45) is 7.05 Å². The van der Waals surface area contributed by atoms with E-state index in [0.29, 0.717) is 28.9 Å². The molecule has 0 radical (unpaired) electrons. The molecule has 9 heteroatoms. The number of ether oxygens (including phenoxy) is 1. The van der Waals surface area contributed by atoms with E-state index in [1.165, 1.54) is 11.1 Å². The Morgan fingerprint density at radius 3 is 2.37 bits per heavy atom. The number of piperazine rings is 1. The lowest BCUT2D eigenvalue weighted by molar-refractivity contribution is 0.0943. The lowest BCUT2D eigenvalue weighted by Gasteiger charge is -2.34. The van der Waals surface area contributed by atoms with Crippen molar-refractivity contribution < 1.29 is 9.53 Å². The molecule has 1 aliphatic rings. The lowest BCUT2D eigenvalue weighted by Crippen LogP contribution is -2.47. The second-order valence-corrected chi connectivity index (χ2v) is 9.86. The molecule has 9 nitrogen and oxygen atoms in total. The Bertz CT molecular complexity index is 1480. The number of carbonyl (C=O) groups excluding carboxylic acids is 1. The van der Waals surface area contributed by atoms with E-state index in [1.54, 1.807) is 31.4 Å². The molecule has 1 aliphatic heterocycles. The van der Waals surface area contributed by atoms with E-state index in [4.69, 9.17) is 4.74 Å². The van der Waals surface area contributed by atoms with Gasteiger partial charge in [0.05, 0.1) is 12.8 Å². The van der Waals surface area contributed by atoms with Crippen molar-refractivity contribution in [2.45, 2.75) is 19.8 Å². The van der Waals surface area contributed by atoms with Crippen LogP contribution in [0.25, 0.3) is 27.5 Å². The second-order valence-electron chi connectivity index (χ2n) is 9.86. The highest BCUT2D eigenvalue weighted by Gasteiger charge is 2.23. The van der Waals surface area contributed by atoms with Crippen molar-refractivity contribution in [3.05, 3.63) is 64.6 Å². The van der Waals surface area contributed by atoms with Gasteiger partial charge in [-0.15, -0.1) is 0 Å². The van der Waals surface area contributed by atoms with E-state index in [0.717, 1.165) is 56.6 Å². The summed E-state index contributed by atoms with van der Waals surface area (Å²) in [6.07, 6.45) is 2.05. The van der Waals surface area contributed by atoms with Crippen LogP contribution < -0.4 is 15.6 Å². The Hall–Kier alpha value is -3.69. The molecule has 200 valence electrons.